The molecule has 3 aromatic rings. The van der Waals surface area contributed by atoms with Crippen LogP contribution in [0.5, 0.6) is 0 Å². The zero-order valence-electron chi connectivity index (χ0n) is 18.5. The fraction of sp³-hybridized carbons (Fsp3) is 0.400. The standard InChI is InChI=1S/C25H29F3N4/c1-17-4-3-5-19(14-17)15-29-22-10-12-32(13-11-22)16-23-18(2)30-24(31-23)20-6-8-21(9-7-20)25(26,27)28/h3-9,14,22,29H,10-13,15-16H2,1-2H3,(H,30,31). The van der Waals surface area contributed by atoms with Crippen molar-refractivity contribution in [2.75, 3.05) is 13.1 Å². The van der Waals surface area contributed by atoms with Crippen LogP contribution in [-0.4, -0.2) is 34.0 Å². The number of alkyl halides is 3. The molecule has 0 bridgehead atoms. The summed E-state index contributed by atoms with van der Waals surface area (Å²) in [5.74, 6) is 0.612. The predicted molar refractivity (Wildman–Crippen MR) is 120 cm³/mol. The summed E-state index contributed by atoms with van der Waals surface area (Å²) in [5, 5.41) is 3.67. The van der Waals surface area contributed by atoms with Crippen molar-refractivity contribution < 1.29 is 13.2 Å². The molecule has 0 unspecified atom stereocenters. The lowest BCUT2D eigenvalue weighted by Crippen LogP contribution is -2.42. The maximum absolute atomic E-state index is 12.8. The molecule has 32 heavy (non-hydrogen) atoms. The number of halogens is 3. The lowest BCUT2D eigenvalue weighted by Gasteiger charge is -2.32. The first kappa shape index (κ1) is 22.6. The second-order valence-electron chi connectivity index (χ2n) is 8.65. The van der Waals surface area contributed by atoms with E-state index in [9.17, 15) is 13.2 Å². The monoisotopic (exact) mass is 442 g/mol. The Bertz CT molecular complexity index is 1030. The van der Waals surface area contributed by atoms with Crippen LogP contribution in [0.1, 0.15) is 40.9 Å². The quantitative estimate of drug-likeness (QED) is 0.532. The van der Waals surface area contributed by atoms with Crippen LogP contribution in [0.4, 0.5) is 13.2 Å². The molecule has 0 atom stereocenters. The molecule has 1 fully saturated rings. The van der Waals surface area contributed by atoms with E-state index in [0.717, 1.165) is 62.5 Å². The summed E-state index contributed by atoms with van der Waals surface area (Å²) in [7, 11) is 0. The molecule has 4 nitrogen and oxygen atoms in total. The highest BCUT2D eigenvalue weighted by Crippen LogP contribution is 2.30. The van der Waals surface area contributed by atoms with Crippen molar-refractivity contribution >= 4 is 0 Å². The summed E-state index contributed by atoms with van der Waals surface area (Å²) in [6, 6.07) is 14.2. The van der Waals surface area contributed by atoms with Gasteiger partial charge in [0.05, 0.1) is 11.3 Å². The molecule has 0 aliphatic carbocycles. The molecule has 170 valence electrons. The highest BCUT2D eigenvalue weighted by Gasteiger charge is 2.30. The summed E-state index contributed by atoms with van der Waals surface area (Å²) in [4.78, 5) is 10.3. The minimum Gasteiger partial charge on any atom is -0.342 e. The number of nitrogens with zero attached hydrogens (tertiary/aromatic N) is 2. The molecule has 1 saturated heterocycles. The molecule has 0 saturated carbocycles. The van der Waals surface area contributed by atoms with E-state index in [1.165, 1.54) is 23.3 Å². The molecular formula is C25H29F3N4. The Morgan fingerprint density at radius 1 is 1.06 bits per heavy atom. The number of benzene rings is 2. The normalized spacial score (nSPS) is 15.9. The fourth-order valence-corrected chi connectivity index (χ4v) is 4.20. The van der Waals surface area contributed by atoms with Crippen molar-refractivity contribution in [3.05, 3.63) is 76.6 Å². The van der Waals surface area contributed by atoms with E-state index in [4.69, 9.17) is 0 Å². The maximum atomic E-state index is 12.8. The number of hydrogen-bond donors (Lipinski definition) is 2. The minimum atomic E-state index is -4.33. The van der Waals surface area contributed by atoms with E-state index in [2.05, 4.69) is 51.4 Å². The molecular weight excluding hydrogens is 413 g/mol. The highest BCUT2D eigenvalue weighted by molar-refractivity contribution is 5.56. The van der Waals surface area contributed by atoms with Crippen molar-refractivity contribution in [1.82, 2.24) is 20.2 Å². The third kappa shape index (κ3) is 5.58. The van der Waals surface area contributed by atoms with E-state index < -0.39 is 11.7 Å². The summed E-state index contributed by atoms with van der Waals surface area (Å²) < 4.78 is 38.4. The van der Waals surface area contributed by atoms with Gasteiger partial charge in [-0.3, -0.25) is 4.90 Å². The van der Waals surface area contributed by atoms with Crippen LogP contribution in [0, 0.1) is 13.8 Å². The van der Waals surface area contributed by atoms with Gasteiger partial charge in [0.15, 0.2) is 0 Å². The van der Waals surface area contributed by atoms with Crippen molar-refractivity contribution in [2.45, 2.75) is 52.0 Å². The Hall–Kier alpha value is -2.64. The van der Waals surface area contributed by atoms with Gasteiger partial charge in [-0.15, -0.1) is 0 Å². The van der Waals surface area contributed by atoms with Gasteiger partial charge in [0.25, 0.3) is 0 Å². The van der Waals surface area contributed by atoms with Crippen molar-refractivity contribution in [2.24, 2.45) is 0 Å². The van der Waals surface area contributed by atoms with Crippen LogP contribution in [-0.2, 0) is 19.3 Å². The van der Waals surface area contributed by atoms with Crippen LogP contribution < -0.4 is 5.32 Å². The Kier molecular flexibility index (Phi) is 6.67. The summed E-state index contributed by atoms with van der Waals surface area (Å²) in [6.45, 7) is 7.70. The molecule has 1 aliphatic rings. The SMILES string of the molecule is Cc1cccc(CNC2CCN(Cc3nc(-c4ccc(C(F)(F)F)cc4)[nH]c3C)CC2)c1. The summed E-state index contributed by atoms with van der Waals surface area (Å²) in [5.41, 5.74) is 4.51. The topological polar surface area (TPSA) is 44.0 Å². The van der Waals surface area contributed by atoms with Gasteiger partial charge in [0.2, 0.25) is 0 Å². The minimum absolute atomic E-state index is 0.509. The molecule has 2 N–H and O–H groups in total. The average Bonchev–Trinajstić information content (AvgIpc) is 3.13. The number of piperidine rings is 1. The number of aromatic amines is 1. The van der Waals surface area contributed by atoms with E-state index in [1.54, 1.807) is 0 Å². The second kappa shape index (κ2) is 9.46. The zero-order chi connectivity index (χ0) is 22.7. The molecule has 7 heteroatoms. The number of hydrogen-bond acceptors (Lipinski definition) is 3. The van der Waals surface area contributed by atoms with Crippen LogP contribution >= 0.6 is 0 Å². The number of H-pyrrole nitrogens is 1. The number of likely N-dealkylation sites (tertiary alicyclic amines) is 1. The number of rotatable bonds is 6. The first-order chi connectivity index (χ1) is 15.3. The molecule has 0 amide bonds. The molecule has 2 aromatic carbocycles. The van der Waals surface area contributed by atoms with E-state index in [0.29, 0.717) is 17.4 Å². The lowest BCUT2D eigenvalue weighted by atomic mass is 10.0. The largest absolute Gasteiger partial charge is 0.416 e. The smallest absolute Gasteiger partial charge is 0.342 e. The number of aryl methyl sites for hydroxylation is 2. The van der Waals surface area contributed by atoms with Crippen molar-refractivity contribution in [3.63, 3.8) is 0 Å². The maximum Gasteiger partial charge on any atom is 0.416 e. The van der Waals surface area contributed by atoms with Crippen molar-refractivity contribution in [3.8, 4) is 11.4 Å². The Morgan fingerprint density at radius 3 is 2.44 bits per heavy atom. The molecule has 0 spiro atoms. The lowest BCUT2D eigenvalue weighted by molar-refractivity contribution is -0.137. The number of aromatic nitrogens is 2. The first-order valence-electron chi connectivity index (χ1n) is 11.0. The molecule has 4 rings (SSSR count). The highest BCUT2D eigenvalue weighted by atomic mass is 19.4. The van der Waals surface area contributed by atoms with Gasteiger partial charge in [0, 0.05) is 43.5 Å². The third-order valence-corrected chi connectivity index (χ3v) is 6.11. The Balaban J connectivity index is 1.30. The first-order valence-corrected chi connectivity index (χ1v) is 11.0. The molecule has 0 radical (unpaired) electrons. The third-order valence-electron chi connectivity index (χ3n) is 6.11. The van der Waals surface area contributed by atoms with E-state index in [-0.39, 0.29) is 0 Å². The van der Waals surface area contributed by atoms with Crippen LogP contribution in [0.3, 0.4) is 0 Å². The molecule has 1 aliphatic heterocycles. The van der Waals surface area contributed by atoms with Crippen LogP contribution in [0.2, 0.25) is 0 Å². The Labute approximate surface area is 186 Å². The second-order valence-corrected chi connectivity index (χ2v) is 8.65. The van der Waals surface area contributed by atoms with E-state index >= 15 is 0 Å². The average molecular weight is 443 g/mol. The van der Waals surface area contributed by atoms with Gasteiger partial charge in [0.1, 0.15) is 5.82 Å². The van der Waals surface area contributed by atoms with Gasteiger partial charge in [-0.05, 0) is 44.4 Å². The number of imidazole rings is 1. The van der Waals surface area contributed by atoms with Gasteiger partial charge >= 0.3 is 6.18 Å². The predicted octanol–water partition coefficient (Wildman–Crippen LogP) is 5.47. The zero-order valence-corrected chi connectivity index (χ0v) is 18.5. The number of nitrogens with one attached hydrogen (secondary N) is 2. The fourth-order valence-electron chi connectivity index (χ4n) is 4.20. The van der Waals surface area contributed by atoms with Gasteiger partial charge in [-0.1, -0.05) is 42.0 Å². The van der Waals surface area contributed by atoms with Crippen LogP contribution in [0.15, 0.2) is 48.5 Å². The van der Waals surface area contributed by atoms with Crippen LogP contribution in [0.25, 0.3) is 11.4 Å². The van der Waals surface area contributed by atoms with Gasteiger partial charge in [-0.2, -0.15) is 13.2 Å². The Morgan fingerprint density at radius 2 is 1.78 bits per heavy atom. The molecule has 2 heterocycles. The van der Waals surface area contributed by atoms with E-state index in [1.807, 2.05) is 6.92 Å². The summed E-state index contributed by atoms with van der Waals surface area (Å²) >= 11 is 0. The van der Waals surface area contributed by atoms with Crippen molar-refractivity contribution in [1.29, 1.82) is 0 Å². The summed E-state index contributed by atoms with van der Waals surface area (Å²) in [6.07, 6.45) is -2.16. The van der Waals surface area contributed by atoms with Gasteiger partial charge < -0.3 is 10.3 Å². The van der Waals surface area contributed by atoms with Gasteiger partial charge in [-0.25, -0.2) is 4.98 Å². The molecule has 1 aromatic heterocycles.